The van der Waals surface area contributed by atoms with E-state index in [0.29, 0.717) is 36.6 Å². The van der Waals surface area contributed by atoms with Crippen molar-refractivity contribution in [3.8, 4) is 11.4 Å². The van der Waals surface area contributed by atoms with Crippen molar-refractivity contribution in [3.05, 3.63) is 40.0 Å². The van der Waals surface area contributed by atoms with E-state index in [1.807, 2.05) is 9.80 Å². The van der Waals surface area contributed by atoms with Crippen LogP contribution in [0.15, 0.2) is 12.1 Å². The number of benzene rings is 1. The largest absolute Gasteiger partial charge is 0.356 e. The van der Waals surface area contributed by atoms with Gasteiger partial charge in [0.1, 0.15) is 17.5 Å². The lowest BCUT2D eigenvalue weighted by atomic mass is 10.0. The zero-order valence-corrected chi connectivity index (χ0v) is 18.8. The smallest absolute Gasteiger partial charge is 0.222 e. The fourth-order valence-corrected chi connectivity index (χ4v) is 6.49. The zero-order chi connectivity index (χ0) is 22.6. The van der Waals surface area contributed by atoms with Gasteiger partial charge in [-0.3, -0.25) is 13.9 Å². The minimum atomic E-state index is -2.89. The first kappa shape index (κ1) is 21.8. The quantitative estimate of drug-likeness (QED) is 0.626. The van der Waals surface area contributed by atoms with E-state index in [4.69, 9.17) is 11.6 Å². The van der Waals surface area contributed by atoms with Crippen LogP contribution in [0.4, 0.5) is 14.6 Å². The third-order valence-corrected chi connectivity index (χ3v) is 8.16. The molecule has 0 spiro atoms. The van der Waals surface area contributed by atoms with E-state index in [0.717, 1.165) is 37.9 Å². The van der Waals surface area contributed by atoms with Crippen molar-refractivity contribution in [2.24, 2.45) is 0 Å². The second-order valence-electron chi connectivity index (χ2n) is 8.54. The minimum absolute atomic E-state index is 0.0132. The molecule has 1 aromatic carbocycles. The number of anilines is 1. The highest BCUT2D eigenvalue weighted by Crippen LogP contribution is 2.54. The van der Waals surface area contributed by atoms with E-state index < -0.39 is 22.2 Å². The SMILES string of the molecule is O=C1CCCN1C1CCN(c2nc(-c3cc(F)c(Cl)cc3F)nc3c2CS(O)(O)C3)CC1. The number of amides is 1. The van der Waals surface area contributed by atoms with Crippen LogP contribution in [0.25, 0.3) is 11.4 Å². The highest BCUT2D eigenvalue weighted by Gasteiger charge is 2.36. The second-order valence-corrected chi connectivity index (χ2v) is 11.1. The number of carbonyl (C=O) groups excluding carboxylic acids is 1. The van der Waals surface area contributed by atoms with Crippen LogP contribution < -0.4 is 4.90 Å². The van der Waals surface area contributed by atoms with Crippen LogP contribution in [-0.4, -0.2) is 55.6 Å². The number of piperidine rings is 1. The van der Waals surface area contributed by atoms with E-state index in [9.17, 15) is 22.7 Å². The van der Waals surface area contributed by atoms with Crippen molar-refractivity contribution in [1.29, 1.82) is 0 Å². The summed E-state index contributed by atoms with van der Waals surface area (Å²) in [6, 6.07) is 2.02. The fourth-order valence-electron chi connectivity index (χ4n) is 4.81. The average molecular weight is 485 g/mol. The monoisotopic (exact) mass is 484 g/mol. The molecule has 7 nitrogen and oxygen atoms in total. The third-order valence-electron chi connectivity index (χ3n) is 6.38. The standard InChI is InChI=1S/C21H23ClF2N4O3S/c22-15-9-16(23)13(8-17(15)24)20-25-18-11-32(30,31)10-14(18)21(26-20)27-6-3-12(4-7-27)28-5-1-2-19(28)29/h8-9,12,30-31H,1-7,10-11H2. The minimum Gasteiger partial charge on any atom is -0.356 e. The van der Waals surface area contributed by atoms with Crippen LogP contribution in [0, 0.1) is 11.6 Å². The molecule has 32 heavy (non-hydrogen) atoms. The molecule has 0 atom stereocenters. The summed E-state index contributed by atoms with van der Waals surface area (Å²) in [5, 5.41) is -0.333. The van der Waals surface area contributed by atoms with Gasteiger partial charge >= 0.3 is 0 Å². The molecule has 1 aromatic heterocycles. The van der Waals surface area contributed by atoms with Crippen LogP contribution in [0.1, 0.15) is 36.9 Å². The maximum absolute atomic E-state index is 14.6. The Morgan fingerprint density at radius 1 is 1.06 bits per heavy atom. The molecule has 0 radical (unpaired) electrons. The molecule has 2 aromatic rings. The normalized spacial score (nSPS) is 21.8. The highest BCUT2D eigenvalue weighted by molar-refractivity contribution is 8.23. The summed E-state index contributed by atoms with van der Waals surface area (Å²) in [5.74, 6) is -0.833. The topological polar surface area (TPSA) is 89.8 Å². The Hall–Kier alpha value is -2.01. The van der Waals surface area contributed by atoms with Crippen molar-refractivity contribution >= 4 is 33.9 Å². The molecule has 3 aliphatic heterocycles. The van der Waals surface area contributed by atoms with Crippen LogP contribution in [0.2, 0.25) is 5.02 Å². The summed E-state index contributed by atoms with van der Waals surface area (Å²) in [6.45, 7) is 2.03. The van der Waals surface area contributed by atoms with Gasteiger partial charge in [-0.25, -0.2) is 18.7 Å². The van der Waals surface area contributed by atoms with Crippen molar-refractivity contribution in [2.75, 3.05) is 24.5 Å². The Kier molecular flexibility index (Phi) is 5.51. The predicted molar refractivity (Wildman–Crippen MR) is 119 cm³/mol. The number of hydrogen-bond donors (Lipinski definition) is 2. The van der Waals surface area contributed by atoms with Gasteiger partial charge in [0.25, 0.3) is 0 Å². The number of fused-ring (bicyclic) bond motifs is 1. The molecule has 1 amide bonds. The zero-order valence-electron chi connectivity index (χ0n) is 17.2. The lowest BCUT2D eigenvalue weighted by Gasteiger charge is -2.38. The van der Waals surface area contributed by atoms with Crippen molar-refractivity contribution in [1.82, 2.24) is 14.9 Å². The molecule has 0 unspecified atom stereocenters. The first-order valence-electron chi connectivity index (χ1n) is 10.5. The van der Waals surface area contributed by atoms with Crippen LogP contribution in [0.3, 0.4) is 0 Å². The molecular weight excluding hydrogens is 462 g/mol. The van der Waals surface area contributed by atoms with E-state index in [1.165, 1.54) is 0 Å². The van der Waals surface area contributed by atoms with Gasteiger partial charge in [-0.1, -0.05) is 11.6 Å². The summed E-state index contributed by atoms with van der Waals surface area (Å²) in [7, 11) is -2.89. The van der Waals surface area contributed by atoms with Crippen molar-refractivity contribution in [3.63, 3.8) is 0 Å². The predicted octanol–water partition coefficient (Wildman–Crippen LogP) is 4.43. The van der Waals surface area contributed by atoms with E-state index in [2.05, 4.69) is 9.97 Å². The van der Waals surface area contributed by atoms with Gasteiger partial charge in [0.05, 0.1) is 27.8 Å². The van der Waals surface area contributed by atoms with Gasteiger partial charge in [0.15, 0.2) is 5.82 Å². The molecule has 2 fully saturated rings. The molecule has 172 valence electrons. The van der Waals surface area contributed by atoms with Gasteiger partial charge in [-0.05, 0) is 31.4 Å². The maximum atomic E-state index is 14.6. The molecule has 11 heteroatoms. The Bertz CT molecular complexity index is 1100. The number of aromatic nitrogens is 2. The van der Waals surface area contributed by atoms with Gasteiger partial charge in [-0.15, -0.1) is 0 Å². The molecular formula is C21H23ClF2N4O3S. The molecule has 2 saturated heterocycles. The van der Waals surface area contributed by atoms with Crippen molar-refractivity contribution < 1.29 is 22.7 Å². The van der Waals surface area contributed by atoms with Gasteiger partial charge < -0.3 is 9.80 Å². The van der Waals surface area contributed by atoms with Crippen LogP contribution in [0.5, 0.6) is 0 Å². The molecule has 0 bridgehead atoms. The number of carbonyl (C=O) groups is 1. The van der Waals surface area contributed by atoms with Crippen LogP contribution >= 0.6 is 22.2 Å². The summed E-state index contributed by atoms with van der Waals surface area (Å²) in [5.41, 5.74) is 0.952. The number of hydrogen-bond acceptors (Lipinski definition) is 6. The van der Waals surface area contributed by atoms with Crippen molar-refractivity contribution in [2.45, 2.75) is 43.2 Å². The molecule has 5 rings (SSSR count). The Morgan fingerprint density at radius 2 is 1.81 bits per heavy atom. The summed E-state index contributed by atoms with van der Waals surface area (Å²) in [4.78, 5) is 25.0. The lowest BCUT2D eigenvalue weighted by molar-refractivity contribution is -0.130. The molecule has 3 aliphatic rings. The fraction of sp³-hybridized carbons (Fsp3) is 0.476. The summed E-state index contributed by atoms with van der Waals surface area (Å²) in [6.07, 6.45) is 3.02. The third kappa shape index (κ3) is 3.93. The molecule has 4 heterocycles. The van der Waals surface area contributed by atoms with E-state index in [-0.39, 0.29) is 39.9 Å². The first-order valence-corrected chi connectivity index (χ1v) is 12.8. The maximum Gasteiger partial charge on any atom is 0.222 e. The number of halogens is 3. The first-order chi connectivity index (χ1) is 15.2. The van der Waals surface area contributed by atoms with Gasteiger partial charge in [0.2, 0.25) is 5.91 Å². The Balaban J connectivity index is 1.49. The second kappa shape index (κ2) is 8.09. The number of rotatable bonds is 3. The Labute approximate surface area is 190 Å². The van der Waals surface area contributed by atoms with Gasteiger partial charge in [-0.2, -0.15) is 10.6 Å². The Morgan fingerprint density at radius 3 is 2.50 bits per heavy atom. The highest BCUT2D eigenvalue weighted by atomic mass is 35.5. The number of nitrogens with zero attached hydrogens (tertiary/aromatic N) is 4. The molecule has 0 aliphatic carbocycles. The van der Waals surface area contributed by atoms with E-state index >= 15 is 0 Å². The summed E-state index contributed by atoms with van der Waals surface area (Å²) >= 11 is 5.68. The van der Waals surface area contributed by atoms with Gasteiger partial charge in [0, 0.05) is 37.7 Å². The van der Waals surface area contributed by atoms with Crippen LogP contribution in [-0.2, 0) is 16.3 Å². The molecule has 2 N–H and O–H groups in total. The average Bonchev–Trinajstić information content (AvgIpc) is 3.31. The number of likely N-dealkylation sites (tertiary alicyclic amines) is 1. The lowest BCUT2D eigenvalue weighted by Crippen LogP contribution is -2.46. The summed E-state index contributed by atoms with van der Waals surface area (Å²) < 4.78 is 49.2. The van der Waals surface area contributed by atoms with E-state index in [1.54, 1.807) is 0 Å². The molecule has 0 saturated carbocycles.